The van der Waals surface area contributed by atoms with Gasteiger partial charge in [-0.3, -0.25) is 0 Å². The van der Waals surface area contributed by atoms with Crippen LogP contribution >= 0.6 is 23.1 Å². The number of hydrogen-bond acceptors (Lipinski definition) is 3. The van der Waals surface area contributed by atoms with Crippen molar-refractivity contribution in [3.63, 3.8) is 0 Å². The largest absolute Gasteiger partial charge is 0.378 e. The van der Waals surface area contributed by atoms with E-state index in [1.165, 1.54) is 20.3 Å². The van der Waals surface area contributed by atoms with Crippen molar-refractivity contribution < 1.29 is 0 Å². The lowest BCUT2D eigenvalue weighted by molar-refractivity contribution is 0.907. The molecular weight excluding hydrogens is 246 g/mol. The van der Waals surface area contributed by atoms with Crippen molar-refractivity contribution in [2.75, 3.05) is 11.6 Å². The van der Waals surface area contributed by atoms with E-state index in [0.717, 1.165) is 0 Å². The van der Waals surface area contributed by atoms with Crippen LogP contribution in [0.2, 0.25) is 0 Å². The first kappa shape index (κ1) is 12.5. The van der Waals surface area contributed by atoms with Crippen molar-refractivity contribution in [2.24, 2.45) is 0 Å². The van der Waals surface area contributed by atoms with Crippen LogP contribution in [-0.4, -0.2) is 6.26 Å². The van der Waals surface area contributed by atoms with E-state index in [1.807, 2.05) is 11.3 Å². The molecule has 1 aromatic carbocycles. The number of aryl methyl sites for hydroxylation is 1. The summed E-state index contributed by atoms with van der Waals surface area (Å²) in [4.78, 5) is 4.05. The highest BCUT2D eigenvalue weighted by molar-refractivity contribution is 7.98. The molecule has 0 aliphatic rings. The first-order chi connectivity index (χ1) is 8.19. The minimum atomic E-state index is 0.366. The summed E-state index contributed by atoms with van der Waals surface area (Å²) in [5, 5.41) is 3.54. The van der Waals surface area contributed by atoms with Gasteiger partial charge in [-0.05, 0) is 50.4 Å². The molecule has 0 amide bonds. The summed E-state index contributed by atoms with van der Waals surface area (Å²) >= 11 is 3.63. The van der Waals surface area contributed by atoms with Gasteiger partial charge in [0, 0.05) is 20.3 Å². The number of benzene rings is 1. The number of rotatable bonds is 4. The van der Waals surface area contributed by atoms with Crippen LogP contribution in [-0.2, 0) is 0 Å². The minimum absolute atomic E-state index is 0.366. The number of nitrogens with one attached hydrogen (secondary N) is 1. The lowest BCUT2D eigenvalue weighted by Crippen LogP contribution is -2.04. The molecule has 3 heteroatoms. The zero-order valence-electron chi connectivity index (χ0n) is 10.4. The Kier molecular flexibility index (Phi) is 4.13. The lowest BCUT2D eigenvalue weighted by atomic mass is 10.2. The van der Waals surface area contributed by atoms with E-state index in [1.54, 1.807) is 11.8 Å². The van der Waals surface area contributed by atoms with Crippen molar-refractivity contribution in [1.29, 1.82) is 0 Å². The van der Waals surface area contributed by atoms with Crippen molar-refractivity contribution >= 4 is 28.8 Å². The van der Waals surface area contributed by atoms with Crippen LogP contribution in [0.3, 0.4) is 0 Å². The first-order valence-corrected chi connectivity index (χ1v) is 7.70. The lowest BCUT2D eigenvalue weighted by Gasteiger charge is -2.14. The molecular formula is C14H17NS2. The van der Waals surface area contributed by atoms with E-state index in [-0.39, 0.29) is 0 Å². The predicted molar refractivity (Wildman–Crippen MR) is 79.3 cm³/mol. The third-order valence-electron chi connectivity index (χ3n) is 2.64. The summed E-state index contributed by atoms with van der Waals surface area (Å²) in [6.45, 7) is 4.35. The van der Waals surface area contributed by atoms with Gasteiger partial charge in [-0.15, -0.1) is 23.1 Å². The molecule has 0 bridgehead atoms. The second-order valence-corrected chi connectivity index (χ2v) is 6.25. The van der Waals surface area contributed by atoms with Gasteiger partial charge in [0.25, 0.3) is 0 Å². The van der Waals surface area contributed by atoms with Crippen LogP contribution in [0.4, 0.5) is 5.69 Å². The highest BCUT2D eigenvalue weighted by Gasteiger charge is 2.07. The zero-order valence-corrected chi connectivity index (χ0v) is 12.0. The van der Waals surface area contributed by atoms with Gasteiger partial charge in [0.15, 0.2) is 0 Å². The fraction of sp³-hybridized carbons (Fsp3) is 0.286. The van der Waals surface area contributed by atoms with E-state index < -0.39 is 0 Å². The second kappa shape index (κ2) is 5.61. The highest BCUT2D eigenvalue weighted by atomic mass is 32.2. The summed E-state index contributed by atoms with van der Waals surface area (Å²) in [5.74, 6) is 0. The molecule has 0 saturated carbocycles. The highest BCUT2D eigenvalue weighted by Crippen LogP contribution is 2.27. The monoisotopic (exact) mass is 263 g/mol. The average molecular weight is 263 g/mol. The maximum Gasteiger partial charge on any atom is 0.0578 e. The Bertz CT molecular complexity index is 490. The van der Waals surface area contributed by atoms with Crippen LogP contribution in [0.15, 0.2) is 41.3 Å². The van der Waals surface area contributed by atoms with Crippen LogP contribution in [0.1, 0.15) is 22.7 Å². The van der Waals surface area contributed by atoms with E-state index in [9.17, 15) is 0 Å². The topological polar surface area (TPSA) is 12.0 Å². The number of hydrogen-bond donors (Lipinski definition) is 1. The molecule has 2 rings (SSSR count). The Balaban J connectivity index is 2.09. The van der Waals surface area contributed by atoms with E-state index in [0.29, 0.717) is 6.04 Å². The van der Waals surface area contributed by atoms with Gasteiger partial charge in [0.2, 0.25) is 0 Å². The number of thiophene rings is 1. The Morgan fingerprint density at radius 2 is 2.06 bits per heavy atom. The molecule has 0 aliphatic carbocycles. The molecule has 0 fully saturated rings. The first-order valence-electron chi connectivity index (χ1n) is 5.66. The predicted octanol–water partition coefficient (Wildman–Crippen LogP) is 4.95. The standard InChI is InChI=1S/C14H17NS2/c1-10-7-8-14(17-10)11(2)15-12-5-4-6-13(9-12)16-3/h4-9,11,15H,1-3H3. The van der Waals surface area contributed by atoms with Crippen molar-refractivity contribution in [3.05, 3.63) is 46.2 Å². The summed E-state index contributed by atoms with van der Waals surface area (Å²) < 4.78 is 0. The normalized spacial score (nSPS) is 12.4. The maximum atomic E-state index is 3.54. The van der Waals surface area contributed by atoms with Gasteiger partial charge in [0.1, 0.15) is 0 Å². The molecule has 0 spiro atoms. The van der Waals surface area contributed by atoms with Crippen LogP contribution < -0.4 is 5.32 Å². The minimum Gasteiger partial charge on any atom is -0.378 e. The Morgan fingerprint density at radius 1 is 1.24 bits per heavy atom. The van der Waals surface area contributed by atoms with Crippen LogP contribution in [0.25, 0.3) is 0 Å². The number of anilines is 1. The second-order valence-electron chi connectivity index (χ2n) is 4.05. The molecule has 1 nitrogen and oxygen atoms in total. The molecule has 1 aromatic heterocycles. The Labute approximate surface area is 111 Å². The van der Waals surface area contributed by atoms with Crippen molar-refractivity contribution in [3.8, 4) is 0 Å². The van der Waals surface area contributed by atoms with Crippen molar-refractivity contribution in [2.45, 2.75) is 24.8 Å². The van der Waals surface area contributed by atoms with Gasteiger partial charge < -0.3 is 5.32 Å². The average Bonchev–Trinajstić information content (AvgIpc) is 2.76. The number of thioether (sulfide) groups is 1. The molecule has 1 heterocycles. The maximum absolute atomic E-state index is 3.54. The fourth-order valence-electron chi connectivity index (χ4n) is 1.72. The molecule has 0 saturated heterocycles. The Morgan fingerprint density at radius 3 is 2.71 bits per heavy atom. The molecule has 1 unspecified atom stereocenters. The summed E-state index contributed by atoms with van der Waals surface area (Å²) in [7, 11) is 0. The SMILES string of the molecule is CSc1cccc(NC(C)c2ccc(C)s2)c1. The molecule has 17 heavy (non-hydrogen) atoms. The van der Waals surface area contributed by atoms with Crippen LogP contribution in [0.5, 0.6) is 0 Å². The fourth-order valence-corrected chi connectivity index (χ4v) is 3.06. The smallest absolute Gasteiger partial charge is 0.0578 e. The molecule has 90 valence electrons. The third-order valence-corrected chi connectivity index (χ3v) is 4.55. The molecule has 2 aromatic rings. The molecule has 1 atom stereocenters. The van der Waals surface area contributed by atoms with Gasteiger partial charge in [-0.2, -0.15) is 0 Å². The quantitative estimate of drug-likeness (QED) is 0.783. The molecule has 1 N–H and O–H groups in total. The third kappa shape index (κ3) is 3.27. The van der Waals surface area contributed by atoms with E-state index >= 15 is 0 Å². The van der Waals surface area contributed by atoms with Gasteiger partial charge in [0.05, 0.1) is 6.04 Å². The summed E-state index contributed by atoms with van der Waals surface area (Å²) in [5.41, 5.74) is 1.19. The van der Waals surface area contributed by atoms with Gasteiger partial charge >= 0.3 is 0 Å². The summed E-state index contributed by atoms with van der Waals surface area (Å²) in [6, 6.07) is 13.3. The molecule has 0 aliphatic heterocycles. The summed E-state index contributed by atoms with van der Waals surface area (Å²) in [6.07, 6.45) is 2.10. The Hall–Kier alpha value is -0.930. The van der Waals surface area contributed by atoms with E-state index in [4.69, 9.17) is 0 Å². The van der Waals surface area contributed by atoms with Gasteiger partial charge in [-0.25, -0.2) is 0 Å². The zero-order chi connectivity index (χ0) is 12.3. The van der Waals surface area contributed by atoms with E-state index in [2.05, 4.69) is 61.8 Å². The van der Waals surface area contributed by atoms with Crippen LogP contribution in [0, 0.1) is 6.92 Å². The van der Waals surface area contributed by atoms with Gasteiger partial charge in [-0.1, -0.05) is 6.07 Å². The molecule has 0 radical (unpaired) electrons. The van der Waals surface area contributed by atoms with Crippen molar-refractivity contribution in [1.82, 2.24) is 0 Å².